The first kappa shape index (κ1) is 12.7. The van der Waals surface area contributed by atoms with Gasteiger partial charge in [-0.3, -0.25) is 0 Å². The van der Waals surface area contributed by atoms with E-state index in [1.165, 1.54) is 19.3 Å². The Morgan fingerprint density at radius 3 is 2.68 bits per heavy atom. The molecule has 19 heavy (non-hydrogen) atoms. The van der Waals surface area contributed by atoms with Crippen LogP contribution in [0.1, 0.15) is 33.1 Å². The van der Waals surface area contributed by atoms with Gasteiger partial charge in [0.2, 0.25) is 5.95 Å². The molecule has 1 fully saturated rings. The van der Waals surface area contributed by atoms with E-state index in [4.69, 9.17) is 11.6 Å². The fraction of sp³-hybridized carbons (Fsp3) is 0.571. The van der Waals surface area contributed by atoms with Crippen LogP contribution >= 0.6 is 11.6 Å². The summed E-state index contributed by atoms with van der Waals surface area (Å²) in [6.07, 6.45) is 5.49. The van der Waals surface area contributed by atoms with Gasteiger partial charge in [-0.05, 0) is 43.2 Å². The van der Waals surface area contributed by atoms with Crippen LogP contribution in [-0.4, -0.2) is 20.6 Å². The quantitative estimate of drug-likeness (QED) is 0.912. The standard InChI is InChI=1S/C14H19ClN4/c1-9-5-10(2)7-12(6-9)16-14-17-13-4-3-11(15)8-19(13)18-14/h3-4,8-10,12H,5-7H2,1-2H3,(H,16,18). The molecule has 2 unspecified atom stereocenters. The molecule has 1 N–H and O–H groups in total. The number of aromatic nitrogens is 3. The molecular weight excluding hydrogens is 260 g/mol. The Hall–Kier alpha value is -1.29. The van der Waals surface area contributed by atoms with Crippen molar-refractivity contribution in [1.82, 2.24) is 14.6 Å². The third kappa shape index (κ3) is 2.84. The maximum absolute atomic E-state index is 5.95. The minimum atomic E-state index is 0.478. The number of anilines is 1. The van der Waals surface area contributed by atoms with Gasteiger partial charge in [-0.2, -0.15) is 4.98 Å². The Balaban J connectivity index is 1.77. The highest BCUT2D eigenvalue weighted by atomic mass is 35.5. The van der Waals surface area contributed by atoms with E-state index in [1.807, 2.05) is 12.1 Å². The fourth-order valence-electron chi connectivity index (χ4n) is 3.17. The van der Waals surface area contributed by atoms with Crippen LogP contribution in [0.15, 0.2) is 18.3 Å². The SMILES string of the molecule is CC1CC(C)CC(Nc2nc3ccc(Cl)cn3n2)C1. The molecule has 0 bridgehead atoms. The third-order valence-electron chi connectivity index (χ3n) is 3.81. The Bertz CT molecular complexity index is 570. The number of hydrogen-bond acceptors (Lipinski definition) is 3. The van der Waals surface area contributed by atoms with Crippen LogP contribution < -0.4 is 5.32 Å². The number of rotatable bonds is 2. The van der Waals surface area contributed by atoms with Gasteiger partial charge in [0.15, 0.2) is 5.65 Å². The van der Waals surface area contributed by atoms with Crippen molar-refractivity contribution in [1.29, 1.82) is 0 Å². The highest BCUT2D eigenvalue weighted by Crippen LogP contribution is 2.30. The second-order valence-corrected chi connectivity index (χ2v) is 6.28. The fourth-order valence-corrected chi connectivity index (χ4v) is 3.32. The van der Waals surface area contributed by atoms with Gasteiger partial charge in [-0.25, -0.2) is 4.52 Å². The Morgan fingerprint density at radius 1 is 1.21 bits per heavy atom. The predicted octanol–water partition coefficient (Wildman–Crippen LogP) is 3.62. The summed E-state index contributed by atoms with van der Waals surface area (Å²) >= 11 is 5.95. The average molecular weight is 279 g/mol. The lowest BCUT2D eigenvalue weighted by Crippen LogP contribution is -2.30. The molecule has 0 aromatic carbocycles. The molecule has 102 valence electrons. The minimum absolute atomic E-state index is 0.478. The van der Waals surface area contributed by atoms with Gasteiger partial charge in [0.05, 0.1) is 5.02 Å². The van der Waals surface area contributed by atoms with Gasteiger partial charge in [-0.1, -0.05) is 25.4 Å². The molecule has 0 aliphatic heterocycles. The summed E-state index contributed by atoms with van der Waals surface area (Å²) in [6.45, 7) is 4.64. The van der Waals surface area contributed by atoms with Crippen LogP contribution in [0, 0.1) is 11.8 Å². The highest BCUT2D eigenvalue weighted by Gasteiger charge is 2.24. The molecule has 2 aromatic heterocycles. The molecule has 3 rings (SSSR count). The zero-order valence-corrected chi connectivity index (χ0v) is 12.1. The summed E-state index contributed by atoms with van der Waals surface area (Å²) in [5.41, 5.74) is 0.823. The Kier molecular flexibility index (Phi) is 3.35. The highest BCUT2D eigenvalue weighted by molar-refractivity contribution is 6.30. The first-order valence-corrected chi connectivity index (χ1v) is 7.26. The molecule has 1 saturated carbocycles. The summed E-state index contributed by atoms with van der Waals surface area (Å²) in [4.78, 5) is 4.48. The molecule has 1 aliphatic carbocycles. The molecule has 2 aromatic rings. The number of nitrogens with zero attached hydrogens (tertiary/aromatic N) is 3. The molecule has 0 saturated heterocycles. The monoisotopic (exact) mass is 278 g/mol. The third-order valence-corrected chi connectivity index (χ3v) is 4.03. The number of pyridine rings is 1. The number of fused-ring (bicyclic) bond motifs is 1. The van der Waals surface area contributed by atoms with Crippen molar-refractivity contribution >= 4 is 23.2 Å². The second kappa shape index (κ2) is 5.00. The van der Waals surface area contributed by atoms with Crippen molar-refractivity contribution < 1.29 is 0 Å². The lowest BCUT2D eigenvalue weighted by molar-refractivity contribution is 0.280. The minimum Gasteiger partial charge on any atom is -0.350 e. The first-order chi connectivity index (χ1) is 9.10. The van der Waals surface area contributed by atoms with E-state index in [1.54, 1.807) is 10.7 Å². The van der Waals surface area contributed by atoms with E-state index < -0.39 is 0 Å². The van der Waals surface area contributed by atoms with Crippen LogP contribution in [0.3, 0.4) is 0 Å². The molecule has 0 amide bonds. The summed E-state index contributed by atoms with van der Waals surface area (Å²) in [6, 6.07) is 4.19. The molecule has 1 aliphatic rings. The van der Waals surface area contributed by atoms with Crippen LogP contribution in [0.25, 0.3) is 5.65 Å². The van der Waals surface area contributed by atoms with Gasteiger partial charge in [0.1, 0.15) is 0 Å². The summed E-state index contributed by atoms with van der Waals surface area (Å²) in [5, 5.41) is 8.56. The van der Waals surface area contributed by atoms with Crippen molar-refractivity contribution in [2.24, 2.45) is 11.8 Å². The van der Waals surface area contributed by atoms with Crippen molar-refractivity contribution in [3.63, 3.8) is 0 Å². The van der Waals surface area contributed by atoms with E-state index in [9.17, 15) is 0 Å². The van der Waals surface area contributed by atoms with Crippen molar-refractivity contribution in [2.75, 3.05) is 5.32 Å². The maximum atomic E-state index is 5.95. The van der Waals surface area contributed by atoms with Gasteiger partial charge < -0.3 is 5.32 Å². The van der Waals surface area contributed by atoms with Gasteiger partial charge >= 0.3 is 0 Å². The van der Waals surface area contributed by atoms with E-state index >= 15 is 0 Å². The smallest absolute Gasteiger partial charge is 0.243 e. The molecule has 0 radical (unpaired) electrons. The van der Waals surface area contributed by atoms with Crippen molar-refractivity contribution in [3.05, 3.63) is 23.4 Å². The maximum Gasteiger partial charge on any atom is 0.243 e. The van der Waals surface area contributed by atoms with E-state index in [-0.39, 0.29) is 0 Å². The van der Waals surface area contributed by atoms with Crippen molar-refractivity contribution in [2.45, 2.75) is 39.2 Å². The summed E-state index contributed by atoms with van der Waals surface area (Å²) in [7, 11) is 0. The van der Waals surface area contributed by atoms with Gasteiger partial charge in [-0.15, -0.1) is 5.10 Å². The second-order valence-electron chi connectivity index (χ2n) is 5.84. The van der Waals surface area contributed by atoms with E-state index in [0.29, 0.717) is 17.0 Å². The lowest BCUT2D eigenvalue weighted by atomic mass is 9.80. The number of hydrogen-bond donors (Lipinski definition) is 1. The molecule has 4 nitrogen and oxygen atoms in total. The Morgan fingerprint density at radius 2 is 1.95 bits per heavy atom. The molecule has 2 heterocycles. The largest absolute Gasteiger partial charge is 0.350 e. The predicted molar refractivity (Wildman–Crippen MR) is 77.6 cm³/mol. The molecule has 2 atom stereocenters. The van der Waals surface area contributed by atoms with Crippen LogP contribution in [0.5, 0.6) is 0 Å². The normalized spacial score (nSPS) is 27.6. The van der Waals surface area contributed by atoms with E-state index in [0.717, 1.165) is 17.5 Å². The van der Waals surface area contributed by atoms with E-state index in [2.05, 4.69) is 29.2 Å². The molecule has 0 spiro atoms. The number of nitrogens with one attached hydrogen (secondary N) is 1. The van der Waals surface area contributed by atoms with Crippen LogP contribution in [-0.2, 0) is 0 Å². The lowest BCUT2D eigenvalue weighted by Gasteiger charge is -2.31. The van der Waals surface area contributed by atoms with Gasteiger partial charge in [0.25, 0.3) is 0 Å². The van der Waals surface area contributed by atoms with Crippen LogP contribution in [0.2, 0.25) is 5.02 Å². The zero-order chi connectivity index (χ0) is 13.4. The van der Waals surface area contributed by atoms with Gasteiger partial charge in [0, 0.05) is 12.2 Å². The van der Waals surface area contributed by atoms with Crippen LogP contribution in [0.4, 0.5) is 5.95 Å². The zero-order valence-electron chi connectivity index (χ0n) is 11.3. The Labute approximate surface area is 118 Å². The summed E-state index contributed by atoms with van der Waals surface area (Å²) in [5.74, 6) is 2.24. The molecular formula is C14H19ClN4. The topological polar surface area (TPSA) is 42.2 Å². The first-order valence-electron chi connectivity index (χ1n) is 6.88. The number of halogens is 1. The molecule has 5 heteroatoms. The average Bonchev–Trinajstić information content (AvgIpc) is 2.68. The van der Waals surface area contributed by atoms with Crippen molar-refractivity contribution in [3.8, 4) is 0 Å². The summed E-state index contributed by atoms with van der Waals surface area (Å²) < 4.78 is 1.72.